The number of carbonyl (C=O) groups excluding carboxylic acids is 3. The summed E-state index contributed by atoms with van der Waals surface area (Å²) in [7, 11) is 0. The van der Waals surface area contributed by atoms with Crippen molar-refractivity contribution >= 4 is 17.9 Å². The maximum atomic E-state index is 13.0. The average Bonchev–Trinajstić information content (AvgIpc) is 3.46. The number of rotatable bonds is 70. The molecule has 1 unspecified atom stereocenters. The minimum absolute atomic E-state index is 0.0599. The topological polar surface area (TPSA) is 78.9 Å². The van der Waals surface area contributed by atoms with Crippen LogP contribution in [0, 0.1) is 0 Å². The lowest BCUT2D eigenvalue weighted by Crippen LogP contribution is -2.30. The van der Waals surface area contributed by atoms with E-state index in [1.807, 2.05) is 0 Å². The Morgan fingerprint density at radius 3 is 0.500 bits per heavy atom. The van der Waals surface area contributed by atoms with Crippen LogP contribution >= 0.6 is 0 Å². The minimum Gasteiger partial charge on any atom is -0.462 e. The Balaban J connectivity index is 4.23. The van der Waals surface area contributed by atoms with Crippen LogP contribution in [0.2, 0.25) is 0 Å². The molecule has 0 aromatic heterocycles. The maximum Gasteiger partial charge on any atom is 0.306 e. The van der Waals surface area contributed by atoms with Crippen molar-refractivity contribution in [2.24, 2.45) is 0 Å². The molecule has 0 aromatic carbocycles. The Morgan fingerprint density at radius 2 is 0.338 bits per heavy atom. The van der Waals surface area contributed by atoms with Gasteiger partial charge in [0.1, 0.15) is 13.2 Å². The van der Waals surface area contributed by atoms with Gasteiger partial charge in [-0.15, -0.1) is 0 Å². The van der Waals surface area contributed by atoms with Crippen LogP contribution < -0.4 is 0 Å². The van der Waals surface area contributed by atoms with E-state index in [2.05, 4.69) is 20.8 Å². The fraction of sp³-hybridized carbons (Fsp3) is 0.959. The van der Waals surface area contributed by atoms with E-state index in [-0.39, 0.29) is 31.1 Å². The monoisotopic (exact) mass is 1130 g/mol. The smallest absolute Gasteiger partial charge is 0.306 e. The summed E-state index contributed by atoms with van der Waals surface area (Å²) >= 11 is 0. The predicted octanol–water partition coefficient (Wildman–Crippen LogP) is 25.4. The molecule has 476 valence electrons. The zero-order valence-corrected chi connectivity index (χ0v) is 54.9. The Labute approximate surface area is 501 Å². The SMILES string of the molecule is CCCCCCCCCCCCCCCCCCCCCCCCCCC(=O)OCC(COC(=O)CCCCCCCCCCCCCCCCCC)OC(=O)CCCCCCCCCCCCCCCCCCCCCCCC. The lowest BCUT2D eigenvalue weighted by Gasteiger charge is -2.18. The van der Waals surface area contributed by atoms with Gasteiger partial charge in [0.25, 0.3) is 0 Å². The summed E-state index contributed by atoms with van der Waals surface area (Å²) in [6.45, 7) is 6.76. The van der Waals surface area contributed by atoms with Crippen LogP contribution in [0.4, 0.5) is 0 Å². The van der Waals surface area contributed by atoms with Gasteiger partial charge in [-0.3, -0.25) is 14.4 Å². The van der Waals surface area contributed by atoms with Crippen LogP contribution in [0.15, 0.2) is 0 Å². The van der Waals surface area contributed by atoms with Crippen LogP contribution in [-0.2, 0) is 28.6 Å². The Hall–Kier alpha value is -1.59. The molecule has 0 rings (SSSR count). The number of carbonyl (C=O) groups is 3. The fourth-order valence-corrected chi connectivity index (χ4v) is 11.8. The van der Waals surface area contributed by atoms with E-state index >= 15 is 0 Å². The maximum absolute atomic E-state index is 13.0. The molecule has 0 saturated carbocycles. The van der Waals surface area contributed by atoms with Crippen molar-refractivity contribution < 1.29 is 28.6 Å². The quantitative estimate of drug-likeness (QED) is 0.0343. The second-order valence-electron chi connectivity index (χ2n) is 25.6. The van der Waals surface area contributed by atoms with Gasteiger partial charge in [0.05, 0.1) is 0 Å². The van der Waals surface area contributed by atoms with Crippen LogP contribution in [0.1, 0.15) is 438 Å². The van der Waals surface area contributed by atoms with Crippen LogP contribution in [0.3, 0.4) is 0 Å². The molecule has 6 heteroatoms. The molecule has 0 aromatic rings. The van der Waals surface area contributed by atoms with E-state index in [4.69, 9.17) is 14.2 Å². The van der Waals surface area contributed by atoms with E-state index in [0.717, 1.165) is 57.8 Å². The molecule has 6 nitrogen and oxygen atoms in total. The molecule has 0 radical (unpaired) electrons. The van der Waals surface area contributed by atoms with E-state index in [9.17, 15) is 14.4 Å². The van der Waals surface area contributed by atoms with Crippen LogP contribution in [0.25, 0.3) is 0 Å². The van der Waals surface area contributed by atoms with Crippen molar-refractivity contribution in [2.45, 2.75) is 444 Å². The highest BCUT2D eigenvalue weighted by Gasteiger charge is 2.20. The van der Waals surface area contributed by atoms with Gasteiger partial charge in [-0.25, -0.2) is 0 Å². The first-order chi connectivity index (χ1) is 39.5. The van der Waals surface area contributed by atoms with Gasteiger partial charge in [0, 0.05) is 19.3 Å². The summed E-state index contributed by atoms with van der Waals surface area (Å²) in [5.41, 5.74) is 0. The number of hydrogen-bond donors (Lipinski definition) is 0. The Kier molecular flexibility index (Phi) is 68.5. The molecule has 80 heavy (non-hydrogen) atoms. The van der Waals surface area contributed by atoms with Crippen molar-refractivity contribution in [3.8, 4) is 0 Å². The van der Waals surface area contributed by atoms with Gasteiger partial charge in [0.15, 0.2) is 6.10 Å². The molecule has 0 aliphatic carbocycles. The Bertz CT molecular complexity index is 1200. The molecule has 0 saturated heterocycles. The molecule has 1 atom stereocenters. The lowest BCUT2D eigenvalue weighted by molar-refractivity contribution is -0.167. The fourth-order valence-electron chi connectivity index (χ4n) is 11.8. The third kappa shape index (κ3) is 67.2. The number of hydrogen-bond acceptors (Lipinski definition) is 6. The highest BCUT2D eigenvalue weighted by molar-refractivity contribution is 5.71. The molecule has 0 N–H and O–H groups in total. The van der Waals surface area contributed by atoms with Gasteiger partial charge < -0.3 is 14.2 Å². The molecule has 0 heterocycles. The van der Waals surface area contributed by atoms with Crippen molar-refractivity contribution in [3.63, 3.8) is 0 Å². The standard InChI is InChI=1S/C74H144O6/c1-4-7-10-13-16-19-22-25-28-31-33-35-37-38-40-41-43-46-49-52-55-58-61-64-67-73(76)79-70-71(69-78-72(75)66-63-60-57-54-51-48-45-30-27-24-21-18-15-12-9-6-3)80-74(77)68-65-62-59-56-53-50-47-44-42-39-36-34-32-29-26-23-20-17-14-11-8-5-2/h71H,4-70H2,1-3H3. The summed E-state index contributed by atoms with van der Waals surface area (Å²) in [4.78, 5) is 38.5. The highest BCUT2D eigenvalue weighted by atomic mass is 16.6. The molecule has 0 aliphatic rings. The largest absolute Gasteiger partial charge is 0.462 e. The number of esters is 3. The first-order valence-corrected chi connectivity index (χ1v) is 37.0. The molecule has 0 aliphatic heterocycles. The van der Waals surface area contributed by atoms with Gasteiger partial charge in [0.2, 0.25) is 0 Å². The van der Waals surface area contributed by atoms with E-state index in [1.54, 1.807) is 0 Å². The zero-order valence-electron chi connectivity index (χ0n) is 54.9. The van der Waals surface area contributed by atoms with Crippen molar-refractivity contribution in [1.29, 1.82) is 0 Å². The number of unbranched alkanes of at least 4 members (excludes halogenated alkanes) is 59. The molecule has 0 bridgehead atoms. The molecule has 0 fully saturated rings. The molecular formula is C74H144O6. The lowest BCUT2D eigenvalue weighted by atomic mass is 10.0. The first-order valence-electron chi connectivity index (χ1n) is 37.0. The van der Waals surface area contributed by atoms with Crippen molar-refractivity contribution in [1.82, 2.24) is 0 Å². The van der Waals surface area contributed by atoms with Crippen LogP contribution in [-0.4, -0.2) is 37.2 Å². The predicted molar refractivity (Wildman–Crippen MR) is 349 cm³/mol. The molecular weight excluding hydrogens is 985 g/mol. The Morgan fingerprint density at radius 1 is 0.200 bits per heavy atom. The summed E-state index contributed by atoms with van der Waals surface area (Å²) in [6.07, 6.45) is 82.8. The molecule has 0 amide bonds. The van der Waals surface area contributed by atoms with Crippen molar-refractivity contribution in [2.75, 3.05) is 13.2 Å². The second-order valence-corrected chi connectivity index (χ2v) is 25.6. The van der Waals surface area contributed by atoms with Crippen LogP contribution in [0.5, 0.6) is 0 Å². The average molecular weight is 1130 g/mol. The normalized spacial score (nSPS) is 11.9. The van der Waals surface area contributed by atoms with Gasteiger partial charge in [-0.1, -0.05) is 400 Å². The van der Waals surface area contributed by atoms with E-state index in [0.29, 0.717) is 19.3 Å². The highest BCUT2D eigenvalue weighted by Crippen LogP contribution is 2.20. The van der Waals surface area contributed by atoms with Gasteiger partial charge >= 0.3 is 17.9 Å². The third-order valence-corrected chi connectivity index (χ3v) is 17.4. The number of ether oxygens (including phenoxy) is 3. The summed E-state index contributed by atoms with van der Waals surface area (Å²) in [5.74, 6) is -0.815. The summed E-state index contributed by atoms with van der Waals surface area (Å²) in [6, 6.07) is 0. The third-order valence-electron chi connectivity index (χ3n) is 17.4. The summed E-state index contributed by atoms with van der Waals surface area (Å²) in [5, 5.41) is 0. The molecule has 0 spiro atoms. The second kappa shape index (κ2) is 69.9. The zero-order chi connectivity index (χ0) is 57.8. The van der Waals surface area contributed by atoms with E-state index in [1.165, 1.54) is 340 Å². The van der Waals surface area contributed by atoms with Gasteiger partial charge in [-0.05, 0) is 19.3 Å². The minimum atomic E-state index is -0.764. The van der Waals surface area contributed by atoms with E-state index < -0.39 is 6.10 Å². The van der Waals surface area contributed by atoms with Crippen molar-refractivity contribution in [3.05, 3.63) is 0 Å². The first kappa shape index (κ1) is 78.4. The van der Waals surface area contributed by atoms with Gasteiger partial charge in [-0.2, -0.15) is 0 Å². The summed E-state index contributed by atoms with van der Waals surface area (Å²) < 4.78 is 17.0.